The van der Waals surface area contributed by atoms with Gasteiger partial charge in [-0.2, -0.15) is 0 Å². The molecular weight excluding hydrogens is 422 g/mol. The van der Waals surface area contributed by atoms with Gasteiger partial charge in [-0.25, -0.2) is 4.79 Å². The summed E-state index contributed by atoms with van der Waals surface area (Å²) < 4.78 is 7.26. The SMILES string of the molecule is CC[C@H](O[Si](C)(C)C(C)(C)C)[C@@H]1C(=O)N2C(C(=O)O)=C(Sc3ccccc3)S[C@H]12. The Morgan fingerprint density at radius 1 is 1.31 bits per heavy atom. The molecule has 1 N–H and O–H groups in total. The zero-order chi connectivity index (χ0) is 21.6. The number of nitrogens with zero attached hydrogens (tertiary/aromatic N) is 1. The number of benzene rings is 1. The number of carboxylic acid groups (broad SMARTS) is 1. The number of carbonyl (C=O) groups is 2. The van der Waals surface area contributed by atoms with E-state index in [0.29, 0.717) is 4.24 Å². The maximum absolute atomic E-state index is 13.0. The Labute approximate surface area is 182 Å². The van der Waals surface area contributed by atoms with Gasteiger partial charge in [-0.05, 0) is 36.7 Å². The molecule has 0 aliphatic carbocycles. The molecule has 0 spiro atoms. The van der Waals surface area contributed by atoms with E-state index in [4.69, 9.17) is 4.43 Å². The quantitative estimate of drug-likeness (QED) is 0.444. The van der Waals surface area contributed by atoms with E-state index in [2.05, 4.69) is 33.9 Å². The van der Waals surface area contributed by atoms with Crippen molar-refractivity contribution in [3.63, 3.8) is 0 Å². The minimum atomic E-state index is -2.04. The van der Waals surface area contributed by atoms with Crippen LogP contribution in [0.25, 0.3) is 0 Å². The van der Waals surface area contributed by atoms with Crippen molar-refractivity contribution in [1.29, 1.82) is 0 Å². The summed E-state index contributed by atoms with van der Waals surface area (Å²) in [6, 6.07) is 9.66. The fraction of sp³-hybridized carbons (Fsp3) is 0.524. The number of β-lactam (4-membered cyclic amide) rings is 1. The van der Waals surface area contributed by atoms with Crippen molar-refractivity contribution < 1.29 is 19.1 Å². The number of carboxylic acids is 1. The standard InChI is InChI=1S/C21H29NO4S2Si/c1-7-14(26-29(5,6)21(2,3)4)15-17(23)22-16(19(24)25)20(28-18(15)22)27-13-11-9-8-10-12-13/h8-12,14-15,18H,7H2,1-6H3,(H,24,25)/t14-,15+,18+/m0/s1. The molecule has 1 aromatic rings. The van der Waals surface area contributed by atoms with E-state index in [1.807, 2.05) is 37.3 Å². The highest BCUT2D eigenvalue weighted by atomic mass is 32.2. The molecule has 3 atom stereocenters. The fourth-order valence-electron chi connectivity index (χ4n) is 3.28. The number of rotatable bonds is 7. The van der Waals surface area contributed by atoms with Crippen molar-refractivity contribution in [3.8, 4) is 0 Å². The second-order valence-electron chi connectivity index (χ2n) is 8.92. The van der Waals surface area contributed by atoms with Crippen molar-refractivity contribution in [2.45, 2.75) is 68.6 Å². The third-order valence-corrected chi connectivity index (χ3v) is 13.0. The van der Waals surface area contributed by atoms with Crippen LogP contribution in [0.1, 0.15) is 34.1 Å². The molecule has 2 aliphatic heterocycles. The Balaban J connectivity index is 1.82. The monoisotopic (exact) mass is 451 g/mol. The molecule has 0 aromatic heterocycles. The number of hydrogen-bond donors (Lipinski definition) is 1. The van der Waals surface area contributed by atoms with Crippen LogP contribution in [0, 0.1) is 5.92 Å². The van der Waals surface area contributed by atoms with E-state index in [-0.39, 0.29) is 34.0 Å². The first-order chi connectivity index (χ1) is 13.5. The van der Waals surface area contributed by atoms with Gasteiger partial charge in [0.15, 0.2) is 14.0 Å². The van der Waals surface area contributed by atoms with Gasteiger partial charge in [0, 0.05) is 4.90 Å². The molecule has 0 bridgehead atoms. The molecule has 29 heavy (non-hydrogen) atoms. The summed E-state index contributed by atoms with van der Waals surface area (Å²) in [6.07, 6.45) is 0.547. The topological polar surface area (TPSA) is 66.8 Å². The molecule has 1 amide bonds. The number of carbonyl (C=O) groups excluding carboxylic acids is 1. The normalized spacial score (nSPS) is 23.1. The maximum atomic E-state index is 13.0. The summed E-state index contributed by atoms with van der Waals surface area (Å²) >= 11 is 2.89. The van der Waals surface area contributed by atoms with Crippen molar-refractivity contribution in [2.75, 3.05) is 0 Å². The van der Waals surface area contributed by atoms with Crippen molar-refractivity contribution >= 4 is 43.7 Å². The van der Waals surface area contributed by atoms with Crippen LogP contribution in [0.4, 0.5) is 0 Å². The average Bonchev–Trinajstić information content (AvgIpc) is 2.95. The van der Waals surface area contributed by atoms with E-state index in [1.165, 1.54) is 28.4 Å². The minimum absolute atomic E-state index is 0.0501. The molecule has 1 aromatic carbocycles. The molecule has 5 nitrogen and oxygen atoms in total. The van der Waals surface area contributed by atoms with E-state index in [1.54, 1.807) is 0 Å². The van der Waals surface area contributed by atoms with Gasteiger partial charge in [-0.15, -0.1) is 0 Å². The van der Waals surface area contributed by atoms with Crippen LogP contribution >= 0.6 is 23.5 Å². The zero-order valence-electron chi connectivity index (χ0n) is 17.8. The van der Waals surface area contributed by atoms with Gasteiger partial charge in [-0.1, -0.05) is 69.4 Å². The van der Waals surface area contributed by atoms with Gasteiger partial charge in [0.1, 0.15) is 5.37 Å². The Kier molecular flexibility index (Phi) is 6.30. The highest BCUT2D eigenvalue weighted by Gasteiger charge is 2.59. The number of fused-ring (bicyclic) bond motifs is 1. The fourth-order valence-corrected chi connectivity index (χ4v) is 7.54. The molecule has 8 heteroatoms. The highest BCUT2D eigenvalue weighted by Crippen LogP contribution is 2.56. The third kappa shape index (κ3) is 4.17. The first kappa shape index (κ1) is 22.5. The van der Waals surface area contributed by atoms with Crippen LogP contribution in [0.3, 0.4) is 0 Å². The summed E-state index contributed by atoms with van der Waals surface area (Å²) in [5, 5.41) is 9.62. The summed E-state index contributed by atoms with van der Waals surface area (Å²) in [7, 11) is -2.04. The molecule has 0 saturated carbocycles. The van der Waals surface area contributed by atoms with Gasteiger partial charge in [0.2, 0.25) is 5.91 Å². The molecule has 0 radical (unpaired) electrons. The summed E-state index contributed by atoms with van der Waals surface area (Å²) in [6.45, 7) is 13.0. The molecule has 2 aliphatic rings. The summed E-state index contributed by atoms with van der Waals surface area (Å²) in [5.74, 6) is -1.49. The summed E-state index contributed by atoms with van der Waals surface area (Å²) in [5.41, 5.74) is 0.109. The lowest BCUT2D eigenvalue weighted by atomic mass is 9.90. The third-order valence-electron chi connectivity index (χ3n) is 5.96. The highest BCUT2D eigenvalue weighted by molar-refractivity contribution is 8.22. The van der Waals surface area contributed by atoms with Gasteiger partial charge in [0.05, 0.1) is 16.3 Å². The van der Waals surface area contributed by atoms with E-state index in [0.717, 1.165) is 11.3 Å². The Morgan fingerprint density at radius 2 is 1.93 bits per heavy atom. The van der Waals surface area contributed by atoms with Gasteiger partial charge in [-0.3, -0.25) is 9.69 Å². The van der Waals surface area contributed by atoms with Crippen molar-refractivity contribution in [3.05, 3.63) is 40.3 Å². The lowest BCUT2D eigenvalue weighted by Crippen LogP contribution is -2.63. The molecule has 1 saturated heterocycles. The van der Waals surface area contributed by atoms with Crippen LogP contribution in [-0.4, -0.2) is 41.7 Å². The van der Waals surface area contributed by atoms with Crippen LogP contribution in [0.15, 0.2) is 45.2 Å². The smallest absolute Gasteiger partial charge is 0.354 e. The predicted molar refractivity (Wildman–Crippen MR) is 121 cm³/mol. The molecule has 2 heterocycles. The van der Waals surface area contributed by atoms with E-state index < -0.39 is 14.3 Å². The second kappa shape index (κ2) is 8.13. The van der Waals surface area contributed by atoms with E-state index >= 15 is 0 Å². The van der Waals surface area contributed by atoms with Gasteiger partial charge < -0.3 is 9.53 Å². The zero-order valence-corrected chi connectivity index (χ0v) is 20.4. The lowest BCUT2D eigenvalue weighted by molar-refractivity contribution is -0.156. The number of amides is 1. The molecule has 3 rings (SSSR count). The number of thioether (sulfide) groups is 2. The molecular formula is C21H29NO4S2Si. The first-order valence-corrected chi connectivity index (χ1v) is 14.5. The van der Waals surface area contributed by atoms with E-state index in [9.17, 15) is 14.7 Å². The van der Waals surface area contributed by atoms with Gasteiger partial charge in [0.25, 0.3) is 0 Å². The lowest BCUT2D eigenvalue weighted by Gasteiger charge is -2.48. The number of aliphatic carboxylic acids is 1. The average molecular weight is 452 g/mol. The Hall–Kier alpha value is -1.22. The van der Waals surface area contributed by atoms with Crippen LogP contribution in [0.5, 0.6) is 0 Å². The Morgan fingerprint density at radius 3 is 2.45 bits per heavy atom. The van der Waals surface area contributed by atoms with Crippen molar-refractivity contribution in [1.82, 2.24) is 4.90 Å². The minimum Gasteiger partial charge on any atom is -0.477 e. The van der Waals surface area contributed by atoms with Gasteiger partial charge >= 0.3 is 5.97 Å². The molecule has 158 valence electrons. The Bertz CT molecular complexity index is 835. The molecule has 1 fully saturated rings. The van der Waals surface area contributed by atoms with Crippen molar-refractivity contribution in [2.24, 2.45) is 5.92 Å². The number of hydrogen-bond acceptors (Lipinski definition) is 5. The van der Waals surface area contributed by atoms with Crippen LogP contribution in [0.2, 0.25) is 18.1 Å². The molecule has 0 unspecified atom stereocenters. The summed E-state index contributed by atoms with van der Waals surface area (Å²) in [4.78, 5) is 27.4. The second-order valence-corrected chi connectivity index (χ2v) is 16.1. The largest absolute Gasteiger partial charge is 0.477 e. The predicted octanol–water partition coefficient (Wildman–Crippen LogP) is 5.36. The first-order valence-electron chi connectivity index (χ1n) is 9.86. The maximum Gasteiger partial charge on any atom is 0.354 e. The van der Waals surface area contributed by atoms with Crippen LogP contribution < -0.4 is 0 Å². The van der Waals surface area contributed by atoms with Crippen LogP contribution in [-0.2, 0) is 14.0 Å².